The maximum Gasteiger partial charge on any atom is 0.160 e. The second kappa shape index (κ2) is 3.94. The van der Waals surface area contributed by atoms with E-state index in [0.29, 0.717) is 11.5 Å². The highest BCUT2D eigenvalue weighted by atomic mass is 32.1. The van der Waals surface area contributed by atoms with Gasteiger partial charge in [0.25, 0.3) is 0 Å². The van der Waals surface area contributed by atoms with Crippen LogP contribution in [0.25, 0.3) is 0 Å². The number of methoxy groups -OCH3 is 1. The number of ether oxygens (including phenoxy) is 1. The van der Waals surface area contributed by atoms with Gasteiger partial charge in [-0.25, -0.2) is 0 Å². The Hall–Kier alpha value is -0.130. The molecule has 1 saturated heterocycles. The van der Waals surface area contributed by atoms with Gasteiger partial charge in [0.1, 0.15) is 0 Å². The monoisotopic (exact) mass is 233 g/mol. The van der Waals surface area contributed by atoms with Gasteiger partial charge in [0, 0.05) is 18.3 Å². The molecule has 0 amide bonds. The first-order valence-electron chi connectivity index (χ1n) is 3.89. The number of hydrogen-bond acceptors (Lipinski definition) is 4. The molecule has 2 nitrogen and oxygen atoms in total. The Balaban J connectivity index is 2.71. The summed E-state index contributed by atoms with van der Waals surface area (Å²) in [6, 6.07) is 0. The lowest BCUT2D eigenvalue weighted by atomic mass is 9.86. The maximum absolute atomic E-state index is 5.18. The molecule has 5 heteroatoms. The van der Waals surface area contributed by atoms with Crippen LogP contribution in [-0.4, -0.2) is 22.1 Å². The topological polar surface area (TPSA) is 21.3 Å². The van der Waals surface area contributed by atoms with Crippen LogP contribution in [-0.2, 0) is 4.74 Å². The minimum Gasteiger partial charge on any atom is -0.490 e. The summed E-state index contributed by atoms with van der Waals surface area (Å²) in [5, 5.41) is 3.56. The standard InChI is InChI=1S/C8H11NOS3/c1-8(4-6(12)10-2)3-5(11)9-7(8)13/h3-4H2,1-2H3,(H,9,11,13)/t8-/m1/s1. The Morgan fingerprint density at radius 2 is 2.23 bits per heavy atom. The van der Waals surface area contributed by atoms with Crippen molar-refractivity contribution in [3.8, 4) is 0 Å². The van der Waals surface area contributed by atoms with E-state index in [-0.39, 0.29) is 5.41 Å². The summed E-state index contributed by atoms with van der Waals surface area (Å²) in [6.45, 7) is 2.05. The molecular weight excluding hydrogens is 222 g/mol. The van der Waals surface area contributed by atoms with Gasteiger partial charge in [-0.2, -0.15) is 0 Å². The molecule has 1 aliphatic rings. The lowest BCUT2D eigenvalue weighted by Crippen LogP contribution is -2.29. The van der Waals surface area contributed by atoms with Gasteiger partial charge in [0.05, 0.1) is 17.1 Å². The summed E-state index contributed by atoms with van der Waals surface area (Å²) >= 11 is 15.2. The van der Waals surface area contributed by atoms with Crippen molar-refractivity contribution < 1.29 is 4.74 Å². The molecule has 1 aliphatic heterocycles. The molecule has 0 bridgehead atoms. The number of nitrogens with one attached hydrogen (secondary N) is 1. The van der Waals surface area contributed by atoms with E-state index >= 15 is 0 Å². The fraction of sp³-hybridized carbons (Fsp3) is 0.625. The average Bonchev–Trinajstić information content (AvgIpc) is 2.25. The van der Waals surface area contributed by atoms with Gasteiger partial charge in [0.15, 0.2) is 5.05 Å². The third kappa shape index (κ3) is 2.42. The van der Waals surface area contributed by atoms with Crippen LogP contribution in [0.3, 0.4) is 0 Å². The van der Waals surface area contributed by atoms with Gasteiger partial charge in [-0.05, 0) is 12.2 Å². The van der Waals surface area contributed by atoms with Crippen LogP contribution >= 0.6 is 36.7 Å². The van der Waals surface area contributed by atoms with Crippen molar-refractivity contribution >= 4 is 51.7 Å². The van der Waals surface area contributed by atoms with Gasteiger partial charge < -0.3 is 10.1 Å². The predicted octanol–water partition coefficient (Wildman–Crippen LogP) is 2.00. The van der Waals surface area contributed by atoms with Gasteiger partial charge >= 0.3 is 0 Å². The Bertz CT molecular complexity index is 277. The summed E-state index contributed by atoms with van der Waals surface area (Å²) in [5.74, 6) is 0. The van der Waals surface area contributed by atoms with E-state index in [4.69, 9.17) is 41.4 Å². The van der Waals surface area contributed by atoms with Crippen LogP contribution in [0, 0.1) is 5.41 Å². The van der Waals surface area contributed by atoms with Crippen LogP contribution in [0.5, 0.6) is 0 Å². The van der Waals surface area contributed by atoms with E-state index in [1.807, 2.05) is 6.92 Å². The highest BCUT2D eigenvalue weighted by Gasteiger charge is 2.38. The molecule has 1 fully saturated rings. The molecule has 1 atom stereocenters. The average molecular weight is 233 g/mol. The molecule has 0 aromatic heterocycles. The van der Waals surface area contributed by atoms with Crippen molar-refractivity contribution in [2.45, 2.75) is 19.8 Å². The fourth-order valence-electron chi connectivity index (χ4n) is 1.29. The first-order chi connectivity index (χ1) is 5.98. The van der Waals surface area contributed by atoms with Crippen LogP contribution < -0.4 is 5.32 Å². The molecule has 0 radical (unpaired) electrons. The van der Waals surface area contributed by atoms with Crippen molar-refractivity contribution in [2.75, 3.05) is 7.11 Å². The Kier molecular flexibility index (Phi) is 3.32. The Labute approximate surface area is 94.0 Å². The second-order valence-corrected chi connectivity index (χ2v) is 4.72. The zero-order valence-corrected chi connectivity index (χ0v) is 10.00. The molecular formula is C8H11NOS3. The van der Waals surface area contributed by atoms with Crippen molar-refractivity contribution in [3.63, 3.8) is 0 Å². The third-order valence-corrected chi connectivity index (χ3v) is 3.27. The Morgan fingerprint density at radius 3 is 2.62 bits per heavy atom. The molecule has 0 aromatic carbocycles. The van der Waals surface area contributed by atoms with Crippen LogP contribution in [0.4, 0.5) is 0 Å². The quantitative estimate of drug-likeness (QED) is 0.734. The lowest BCUT2D eigenvalue weighted by molar-refractivity contribution is 0.378. The van der Waals surface area contributed by atoms with Crippen molar-refractivity contribution in [3.05, 3.63) is 0 Å². The number of rotatable bonds is 2. The molecule has 72 valence electrons. The summed E-state index contributed by atoms with van der Waals surface area (Å²) < 4.78 is 4.96. The highest BCUT2D eigenvalue weighted by Crippen LogP contribution is 2.32. The fourth-order valence-corrected chi connectivity index (χ4v) is 2.36. The molecule has 0 spiro atoms. The molecule has 1 rings (SSSR count). The van der Waals surface area contributed by atoms with Gasteiger partial charge in [-0.3, -0.25) is 0 Å². The van der Waals surface area contributed by atoms with Gasteiger partial charge in [-0.1, -0.05) is 31.4 Å². The smallest absolute Gasteiger partial charge is 0.160 e. The van der Waals surface area contributed by atoms with E-state index in [1.165, 1.54) is 0 Å². The number of hydrogen-bond donors (Lipinski definition) is 1. The zero-order valence-electron chi connectivity index (χ0n) is 7.55. The van der Waals surface area contributed by atoms with Gasteiger partial charge in [-0.15, -0.1) is 0 Å². The first kappa shape index (κ1) is 10.9. The molecule has 0 aliphatic carbocycles. The lowest BCUT2D eigenvalue weighted by Gasteiger charge is -2.21. The largest absolute Gasteiger partial charge is 0.490 e. The summed E-state index contributed by atoms with van der Waals surface area (Å²) in [5.41, 5.74) is -0.139. The SMILES string of the molecule is COC(=S)C[C@@]1(C)CC(=S)NC1=S. The molecule has 0 saturated carbocycles. The molecule has 13 heavy (non-hydrogen) atoms. The van der Waals surface area contributed by atoms with E-state index in [2.05, 4.69) is 5.32 Å². The van der Waals surface area contributed by atoms with E-state index in [0.717, 1.165) is 16.4 Å². The van der Waals surface area contributed by atoms with Crippen molar-refractivity contribution in [1.29, 1.82) is 0 Å². The van der Waals surface area contributed by atoms with Crippen LogP contribution in [0.1, 0.15) is 19.8 Å². The van der Waals surface area contributed by atoms with Crippen molar-refractivity contribution in [2.24, 2.45) is 5.41 Å². The van der Waals surface area contributed by atoms with E-state index < -0.39 is 0 Å². The maximum atomic E-state index is 5.18. The van der Waals surface area contributed by atoms with Crippen LogP contribution in [0.2, 0.25) is 0 Å². The Morgan fingerprint density at radius 1 is 1.62 bits per heavy atom. The van der Waals surface area contributed by atoms with Crippen molar-refractivity contribution in [1.82, 2.24) is 5.32 Å². The third-order valence-electron chi connectivity index (χ3n) is 2.11. The zero-order chi connectivity index (χ0) is 10.1. The summed E-state index contributed by atoms with van der Waals surface area (Å²) in [4.78, 5) is 1.57. The molecule has 1 N–H and O–H groups in total. The highest BCUT2D eigenvalue weighted by molar-refractivity contribution is 7.82. The van der Waals surface area contributed by atoms with Gasteiger partial charge in [0.2, 0.25) is 0 Å². The first-order valence-corrected chi connectivity index (χ1v) is 5.11. The predicted molar refractivity (Wildman–Crippen MR) is 65.3 cm³/mol. The van der Waals surface area contributed by atoms with E-state index in [1.54, 1.807) is 7.11 Å². The molecule has 0 aromatic rings. The summed E-state index contributed by atoms with van der Waals surface area (Å²) in [6.07, 6.45) is 1.43. The second-order valence-electron chi connectivity index (χ2n) is 3.37. The molecule has 0 unspecified atom stereocenters. The molecule has 1 heterocycles. The van der Waals surface area contributed by atoms with E-state index in [9.17, 15) is 0 Å². The minimum atomic E-state index is -0.139. The number of thiocarbonyl (C=S) groups is 3. The minimum absolute atomic E-state index is 0.139. The summed E-state index contributed by atoms with van der Waals surface area (Å²) in [7, 11) is 1.58. The normalized spacial score (nSPS) is 27.2. The van der Waals surface area contributed by atoms with Crippen LogP contribution in [0.15, 0.2) is 0 Å².